The van der Waals surface area contributed by atoms with Crippen molar-refractivity contribution >= 4 is 11.3 Å². The largest absolute Gasteiger partial charge is 0.391 e. The van der Waals surface area contributed by atoms with Crippen molar-refractivity contribution in [1.82, 2.24) is 4.90 Å². The van der Waals surface area contributed by atoms with Gasteiger partial charge in [0.15, 0.2) is 0 Å². The Morgan fingerprint density at radius 3 is 2.71 bits per heavy atom. The number of hydrogen-bond donors (Lipinski definition) is 1. The van der Waals surface area contributed by atoms with Crippen molar-refractivity contribution in [3.63, 3.8) is 0 Å². The number of aliphatic hydroxyl groups is 1. The maximum absolute atomic E-state index is 10.2. The van der Waals surface area contributed by atoms with Gasteiger partial charge in [0, 0.05) is 23.5 Å². The summed E-state index contributed by atoms with van der Waals surface area (Å²) in [7, 11) is 0. The zero-order chi connectivity index (χ0) is 11.7. The van der Waals surface area contributed by atoms with Crippen molar-refractivity contribution in [2.45, 2.75) is 63.3 Å². The molecule has 1 aromatic heterocycles. The third-order valence-electron chi connectivity index (χ3n) is 4.05. The van der Waals surface area contributed by atoms with Crippen LogP contribution in [0.15, 0.2) is 17.5 Å². The van der Waals surface area contributed by atoms with Crippen molar-refractivity contribution in [3.05, 3.63) is 22.4 Å². The highest BCUT2D eigenvalue weighted by atomic mass is 32.1. The molecule has 3 heteroatoms. The van der Waals surface area contributed by atoms with Gasteiger partial charge >= 0.3 is 0 Å². The molecule has 0 radical (unpaired) electrons. The Hall–Kier alpha value is -0.380. The molecule has 2 saturated carbocycles. The van der Waals surface area contributed by atoms with Crippen molar-refractivity contribution in [3.8, 4) is 0 Å². The Bertz CT molecular complexity index is 347. The highest BCUT2D eigenvalue weighted by Crippen LogP contribution is 2.35. The number of nitrogens with zero attached hydrogens (tertiary/aromatic N) is 1. The first-order chi connectivity index (χ1) is 8.34. The fourth-order valence-corrected chi connectivity index (χ4v) is 3.70. The highest BCUT2D eigenvalue weighted by molar-refractivity contribution is 7.09. The Morgan fingerprint density at radius 2 is 2.06 bits per heavy atom. The van der Waals surface area contributed by atoms with Crippen LogP contribution in [-0.2, 0) is 6.54 Å². The van der Waals surface area contributed by atoms with E-state index in [1.807, 2.05) is 11.3 Å². The predicted molar refractivity (Wildman–Crippen MR) is 71.1 cm³/mol. The van der Waals surface area contributed by atoms with Crippen LogP contribution in [0.1, 0.15) is 43.4 Å². The van der Waals surface area contributed by atoms with Crippen molar-refractivity contribution in [1.29, 1.82) is 0 Å². The molecule has 94 valence electrons. The van der Waals surface area contributed by atoms with Gasteiger partial charge in [-0.1, -0.05) is 18.9 Å². The van der Waals surface area contributed by atoms with E-state index < -0.39 is 0 Å². The summed E-state index contributed by atoms with van der Waals surface area (Å²) >= 11 is 1.84. The van der Waals surface area contributed by atoms with Gasteiger partial charge in [-0.2, -0.15) is 0 Å². The highest BCUT2D eigenvalue weighted by Gasteiger charge is 2.37. The van der Waals surface area contributed by atoms with E-state index in [0.717, 1.165) is 19.0 Å². The lowest BCUT2D eigenvalue weighted by Crippen LogP contribution is -2.46. The van der Waals surface area contributed by atoms with E-state index in [-0.39, 0.29) is 6.10 Å². The molecule has 1 aromatic rings. The summed E-state index contributed by atoms with van der Waals surface area (Å²) in [5.41, 5.74) is 0. The first kappa shape index (κ1) is 11.7. The smallest absolute Gasteiger partial charge is 0.0695 e. The van der Waals surface area contributed by atoms with Gasteiger partial charge < -0.3 is 5.11 Å². The molecule has 0 bridgehead atoms. The van der Waals surface area contributed by atoms with Crippen molar-refractivity contribution in [2.24, 2.45) is 0 Å². The Balaban J connectivity index is 1.70. The molecule has 0 spiro atoms. The minimum absolute atomic E-state index is 0.0932. The fraction of sp³-hybridized carbons (Fsp3) is 0.714. The van der Waals surface area contributed by atoms with Crippen LogP contribution in [0.25, 0.3) is 0 Å². The second-order valence-electron chi connectivity index (χ2n) is 5.40. The van der Waals surface area contributed by atoms with E-state index in [1.54, 1.807) is 0 Å². The first-order valence-corrected chi connectivity index (χ1v) is 7.69. The van der Waals surface area contributed by atoms with Crippen molar-refractivity contribution < 1.29 is 5.11 Å². The molecule has 1 heterocycles. The SMILES string of the molecule is O[C@H]1CCCC[C@@H]1N(Cc1cccs1)C1CC1. The van der Waals surface area contributed by atoms with Crippen LogP contribution >= 0.6 is 11.3 Å². The molecule has 2 aliphatic rings. The van der Waals surface area contributed by atoms with Gasteiger partial charge in [-0.3, -0.25) is 4.90 Å². The quantitative estimate of drug-likeness (QED) is 0.889. The fourth-order valence-electron chi connectivity index (χ4n) is 2.98. The summed E-state index contributed by atoms with van der Waals surface area (Å²) in [4.78, 5) is 4.02. The normalized spacial score (nSPS) is 29.8. The zero-order valence-corrected chi connectivity index (χ0v) is 11.0. The van der Waals surface area contributed by atoms with Gasteiger partial charge in [-0.15, -0.1) is 11.3 Å². The summed E-state index contributed by atoms with van der Waals surface area (Å²) in [6, 6.07) is 5.51. The van der Waals surface area contributed by atoms with E-state index in [9.17, 15) is 5.11 Å². The number of thiophene rings is 1. The van der Waals surface area contributed by atoms with Gasteiger partial charge in [0.1, 0.15) is 0 Å². The lowest BCUT2D eigenvalue weighted by molar-refractivity contribution is 0.0117. The molecular formula is C14H21NOS. The van der Waals surface area contributed by atoms with Gasteiger partial charge in [0.25, 0.3) is 0 Å². The molecule has 0 unspecified atom stereocenters. The van der Waals surface area contributed by atoms with Crippen LogP contribution in [0.2, 0.25) is 0 Å². The number of aliphatic hydroxyl groups excluding tert-OH is 1. The maximum atomic E-state index is 10.2. The van der Waals surface area contributed by atoms with Crippen LogP contribution in [0, 0.1) is 0 Å². The van der Waals surface area contributed by atoms with Crippen molar-refractivity contribution in [2.75, 3.05) is 0 Å². The van der Waals surface area contributed by atoms with E-state index >= 15 is 0 Å². The first-order valence-electron chi connectivity index (χ1n) is 6.81. The van der Waals surface area contributed by atoms with Crippen LogP contribution in [-0.4, -0.2) is 28.2 Å². The average molecular weight is 251 g/mol. The molecule has 0 saturated heterocycles. The molecular weight excluding hydrogens is 230 g/mol. The lowest BCUT2D eigenvalue weighted by Gasteiger charge is -2.37. The summed E-state index contributed by atoms with van der Waals surface area (Å²) in [5, 5.41) is 12.4. The third-order valence-corrected chi connectivity index (χ3v) is 4.92. The summed E-state index contributed by atoms with van der Waals surface area (Å²) in [6.07, 6.45) is 7.24. The average Bonchev–Trinajstić information content (AvgIpc) is 3.05. The standard InChI is InChI=1S/C14H21NOS/c16-14-6-2-1-5-13(14)15(11-7-8-11)10-12-4-3-9-17-12/h3-4,9,11,13-14,16H,1-2,5-8,10H2/t13-,14-/m0/s1. The topological polar surface area (TPSA) is 23.5 Å². The van der Waals surface area contributed by atoms with Gasteiger partial charge in [0.05, 0.1) is 6.10 Å². The number of rotatable bonds is 4. The monoisotopic (exact) mass is 251 g/mol. The second kappa shape index (κ2) is 5.09. The minimum Gasteiger partial charge on any atom is -0.391 e. The van der Waals surface area contributed by atoms with E-state index in [1.165, 1.54) is 37.0 Å². The van der Waals surface area contributed by atoms with E-state index in [2.05, 4.69) is 22.4 Å². The molecule has 0 amide bonds. The van der Waals surface area contributed by atoms with Crippen LogP contribution in [0.4, 0.5) is 0 Å². The van der Waals surface area contributed by atoms with Gasteiger partial charge in [-0.05, 0) is 37.1 Å². The minimum atomic E-state index is -0.0932. The van der Waals surface area contributed by atoms with Crippen LogP contribution in [0.5, 0.6) is 0 Å². The molecule has 17 heavy (non-hydrogen) atoms. The van der Waals surface area contributed by atoms with Crippen LogP contribution < -0.4 is 0 Å². The van der Waals surface area contributed by atoms with Gasteiger partial charge in [0.2, 0.25) is 0 Å². The maximum Gasteiger partial charge on any atom is 0.0695 e. The van der Waals surface area contributed by atoms with Crippen LogP contribution in [0.3, 0.4) is 0 Å². The van der Waals surface area contributed by atoms with E-state index in [0.29, 0.717) is 6.04 Å². The molecule has 2 atom stereocenters. The molecule has 2 fully saturated rings. The molecule has 0 aliphatic heterocycles. The van der Waals surface area contributed by atoms with Gasteiger partial charge in [-0.25, -0.2) is 0 Å². The Kier molecular flexibility index (Phi) is 3.50. The Morgan fingerprint density at radius 1 is 1.24 bits per heavy atom. The lowest BCUT2D eigenvalue weighted by atomic mass is 9.91. The molecule has 0 aromatic carbocycles. The molecule has 2 aliphatic carbocycles. The third kappa shape index (κ3) is 2.72. The van der Waals surface area contributed by atoms with E-state index in [4.69, 9.17) is 0 Å². The second-order valence-corrected chi connectivity index (χ2v) is 6.43. The predicted octanol–water partition coefficient (Wildman–Crippen LogP) is 3.02. The molecule has 1 N–H and O–H groups in total. The molecule has 3 rings (SSSR count). The molecule has 2 nitrogen and oxygen atoms in total. The Labute approximate surface area is 107 Å². The zero-order valence-electron chi connectivity index (χ0n) is 10.2. The summed E-state index contributed by atoms with van der Waals surface area (Å²) in [6.45, 7) is 1.05. The number of hydrogen-bond acceptors (Lipinski definition) is 3. The summed E-state index contributed by atoms with van der Waals surface area (Å²) in [5.74, 6) is 0. The summed E-state index contributed by atoms with van der Waals surface area (Å²) < 4.78 is 0.